The Morgan fingerprint density at radius 3 is 2.70 bits per heavy atom. The van der Waals surface area contributed by atoms with E-state index in [0.717, 1.165) is 16.3 Å². The number of hydrogen-bond donors (Lipinski definition) is 3. The van der Waals surface area contributed by atoms with Gasteiger partial charge in [-0.2, -0.15) is 0 Å². The molecule has 0 fully saturated rings. The Morgan fingerprint density at radius 1 is 1.22 bits per heavy atom. The summed E-state index contributed by atoms with van der Waals surface area (Å²) in [5.74, 6) is -0.380. The van der Waals surface area contributed by atoms with E-state index in [-0.39, 0.29) is 5.97 Å². The summed E-state index contributed by atoms with van der Waals surface area (Å²) in [4.78, 5) is 12.3. The number of fused-ring (bicyclic) bond motifs is 1. The third-order valence-electron chi connectivity index (χ3n) is 3.97. The monoisotopic (exact) mass is 312 g/mol. The Hall–Kier alpha value is -2.37. The molecule has 1 aliphatic rings. The first kappa shape index (κ1) is 15.5. The summed E-state index contributed by atoms with van der Waals surface area (Å²) in [6.07, 6.45) is -0.912. The minimum Gasteiger partial charge on any atom is -0.463 e. The number of nitrogens with one attached hydrogen (secondary N) is 2. The minimum atomic E-state index is -0.912. The lowest BCUT2D eigenvalue weighted by Gasteiger charge is -2.32. The van der Waals surface area contributed by atoms with Crippen molar-refractivity contribution in [2.75, 3.05) is 6.61 Å². The van der Waals surface area contributed by atoms with Crippen LogP contribution in [-0.4, -0.2) is 24.0 Å². The molecule has 120 valence electrons. The van der Waals surface area contributed by atoms with Crippen molar-refractivity contribution >= 4 is 16.7 Å². The number of aliphatic hydroxyl groups excluding tert-OH is 1. The molecule has 0 radical (unpaired) electrons. The molecular formula is C18H20N2O3. The van der Waals surface area contributed by atoms with Crippen molar-refractivity contribution in [2.24, 2.45) is 0 Å². The number of hydrogen-bond acceptors (Lipinski definition) is 5. The molecule has 5 nitrogen and oxygen atoms in total. The van der Waals surface area contributed by atoms with Crippen LogP contribution in [-0.2, 0) is 9.53 Å². The first-order valence-corrected chi connectivity index (χ1v) is 7.67. The normalized spacial score (nSPS) is 21.2. The van der Waals surface area contributed by atoms with E-state index in [1.165, 1.54) is 0 Å². The average Bonchev–Trinajstić information content (AvgIpc) is 2.53. The van der Waals surface area contributed by atoms with Gasteiger partial charge in [-0.15, -0.1) is 0 Å². The van der Waals surface area contributed by atoms with Crippen LogP contribution in [0, 0.1) is 0 Å². The van der Waals surface area contributed by atoms with Gasteiger partial charge in [0.25, 0.3) is 0 Å². The Balaban J connectivity index is 2.05. The molecule has 3 N–H and O–H groups in total. The van der Waals surface area contributed by atoms with Gasteiger partial charge in [0, 0.05) is 5.70 Å². The molecule has 2 unspecified atom stereocenters. The Morgan fingerprint density at radius 2 is 1.96 bits per heavy atom. The van der Waals surface area contributed by atoms with Gasteiger partial charge in [-0.1, -0.05) is 36.4 Å². The molecular weight excluding hydrogens is 292 g/mol. The second-order valence-corrected chi connectivity index (χ2v) is 5.51. The van der Waals surface area contributed by atoms with Crippen LogP contribution in [0.15, 0.2) is 53.7 Å². The first-order chi connectivity index (χ1) is 11.1. The average molecular weight is 312 g/mol. The molecule has 0 aromatic heterocycles. The van der Waals surface area contributed by atoms with Crippen LogP contribution in [0.2, 0.25) is 0 Å². The standard InChI is InChI=1S/C18H20N2O3/c1-3-23-17(21)15-11(2)19-18(22)20-16(15)14-9-8-12-6-4-5-7-13(12)10-14/h4-10,16,18-20,22H,3H2,1-2H3. The fraction of sp³-hybridized carbons (Fsp3) is 0.278. The summed E-state index contributed by atoms with van der Waals surface area (Å²) >= 11 is 0. The van der Waals surface area contributed by atoms with Crippen molar-refractivity contribution in [3.05, 3.63) is 59.3 Å². The molecule has 0 bridgehead atoms. The third-order valence-corrected chi connectivity index (χ3v) is 3.97. The summed E-state index contributed by atoms with van der Waals surface area (Å²) in [6, 6.07) is 13.6. The van der Waals surface area contributed by atoms with Gasteiger partial charge in [0.15, 0.2) is 6.35 Å². The molecule has 1 aliphatic heterocycles. The van der Waals surface area contributed by atoms with Crippen LogP contribution in [0.1, 0.15) is 25.5 Å². The molecule has 2 atom stereocenters. The molecule has 0 amide bonds. The molecule has 0 aliphatic carbocycles. The maximum Gasteiger partial charge on any atom is 0.337 e. The zero-order chi connectivity index (χ0) is 16.4. The lowest BCUT2D eigenvalue weighted by atomic mass is 9.93. The molecule has 0 saturated carbocycles. The predicted octanol–water partition coefficient (Wildman–Crippen LogP) is 2.19. The number of aliphatic hydroxyl groups is 1. The molecule has 0 saturated heterocycles. The van der Waals surface area contributed by atoms with Gasteiger partial charge in [0.1, 0.15) is 0 Å². The highest BCUT2D eigenvalue weighted by atomic mass is 16.5. The van der Waals surface area contributed by atoms with E-state index in [1.807, 2.05) is 42.5 Å². The third kappa shape index (κ3) is 3.06. The summed E-state index contributed by atoms with van der Waals surface area (Å²) in [7, 11) is 0. The van der Waals surface area contributed by atoms with E-state index in [0.29, 0.717) is 17.9 Å². The Bertz CT molecular complexity index is 770. The maximum absolute atomic E-state index is 12.3. The van der Waals surface area contributed by atoms with Gasteiger partial charge in [-0.05, 0) is 36.2 Å². The molecule has 3 rings (SSSR count). The van der Waals surface area contributed by atoms with Crippen LogP contribution in [0.5, 0.6) is 0 Å². The quantitative estimate of drug-likeness (QED) is 0.758. The van der Waals surface area contributed by atoms with Gasteiger partial charge in [0.2, 0.25) is 0 Å². The van der Waals surface area contributed by atoms with Gasteiger partial charge >= 0.3 is 5.97 Å². The zero-order valence-electron chi connectivity index (χ0n) is 13.2. The fourth-order valence-electron chi connectivity index (χ4n) is 2.91. The highest BCUT2D eigenvalue weighted by Gasteiger charge is 2.32. The second kappa shape index (κ2) is 6.40. The van der Waals surface area contributed by atoms with E-state index in [1.54, 1.807) is 13.8 Å². The van der Waals surface area contributed by atoms with E-state index in [4.69, 9.17) is 4.74 Å². The smallest absolute Gasteiger partial charge is 0.337 e. The van der Waals surface area contributed by atoms with Crippen LogP contribution >= 0.6 is 0 Å². The Kier molecular flexibility index (Phi) is 4.32. The second-order valence-electron chi connectivity index (χ2n) is 5.51. The van der Waals surface area contributed by atoms with Crippen molar-refractivity contribution < 1.29 is 14.6 Å². The Labute approximate surface area is 135 Å². The minimum absolute atomic E-state index is 0.308. The van der Waals surface area contributed by atoms with Crippen LogP contribution in [0.4, 0.5) is 0 Å². The maximum atomic E-state index is 12.3. The number of allylic oxidation sites excluding steroid dienone is 1. The number of ether oxygens (including phenoxy) is 1. The first-order valence-electron chi connectivity index (χ1n) is 7.67. The number of esters is 1. The van der Waals surface area contributed by atoms with Crippen molar-refractivity contribution in [3.8, 4) is 0 Å². The molecule has 1 heterocycles. The van der Waals surface area contributed by atoms with Gasteiger partial charge in [0.05, 0.1) is 18.2 Å². The van der Waals surface area contributed by atoms with Crippen molar-refractivity contribution in [1.82, 2.24) is 10.6 Å². The number of carbonyl (C=O) groups excluding carboxylic acids is 1. The van der Waals surface area contributed by atoms with Gasteiger partial charge in [-0.25, -0.2) is 4.79 Å². The van der Waals surface area contributed by atoms with E-state index in [2.05, 4.69) is 10.6 Å². The zero-order valence-corrected chi connectivity index (χ0v) is 13.2. The van der Waals surface area contributed by atoms with Crippen molar-refractivity contribution in [2.45, 2.75) is 26.2 Å². The highest BCUT2D eigenvalue weighted by Crippen LogP contribution is 2.30. The molecule has 2 aromatic rings. The van der Waals surface area contributed by atoms with Crippen LogP contribution in [0.25, 0.3) is 10.8 Å². The van der Waals surface area contributed by atoms with E-state index >= 15 is 0 Å². The number of carbonyl (C=O) groups is 1. The lowest BCUT2D eigenvalue weighted by molar-refractivity contribution is -0.139. The van der Waals surface area contributed by atoms with Gasteiger partial charge < -0.3 is 15.2 Å². The summed E-state index contributed by atoms with van der Waals surface area (Å²) in [6.45, 7) is 3.85. The number of rotatable bonds is 3. The SMILES string of the molecule is CCOC(=O)C1=C(C)NC(O)NC1c1ccc2ccccc2c1. The van der Waals surface area contributed by atoms with Crippen molar-refractivity contribution in [3.63, 3.8) is 0 Å². The van der Waals surface area contributed by atoms with Crippen LogP contribution < -0.4 is 10.6 Å². The molecule has 2 aromatic carbocycles. The number of benzene rings is 2. The molecule has 0 spiro atoms. The van der Waals surface area contributed by atoms with Gasteiger partial charge in [-0.3, -0.25) is 5.32 Å². The summed E-state index contributed by atoms with van der Waals surface area (Å²) in [5.41, 5.74) is 2.02. The van der Waals surface area contributed by atoms with Crippen LogP contribution in [0.3, 0.4) is 0 Å². The molecule has 23 heavy (non-hydrogen) atoms. The summed E-state index contributed by atoms with van der Waals surface area (Å²) in [5, 5.41) is 18.0. The topological polar surface area (TPSA) is 70.6 Å². The van der Waals surface area contributed by atoms with E-state index in [9.17, 15) is 9.90 Å². The lowest BCUT2D eigenvalue weighted by Crippen LogP contribution is -2.49. The summed E-state index contributed by atoms with van der Waals surface area (Å²) < 4.78 is 5.17. The largest absolute Gasteiger partial charge is 0.463 e. The highest BCUT2D eigenvalue weighted by molar-refractivity contribution is 5.92. The van der Waals surface area contributed by atoms with E-state index < -0.39 is 12.4 Å². The fourth-order valence-corrected chi connectivity index (χ4v) is 2.91. The predicted molar refractivity (Wildman–Crippen MR) is 88.3 cm³/mol. The molecule has 5 heteroatoms. The van der Waals surface area contributed by atoms with Crippen molar-refractivity contribution in [1.29, 1.82) is 0 Å².